The number of carbonyl (C=O) groups excluding carboxylic acids is 2. The average Bonchev–Trinajstić information content (AvgIpc) is 2.74. The van der Waals surface area contributed by atoms with Crippen LogP contribution in [-0.4, -0.2) is 60.9 Å². The van der Waals surface area contributed by atoms with E-state index in [1.54, 1.807) is 0 Å². The molecule has 4 rings (SSSR count). The molecule has 1 saturated heterocycles. The Morgan fingerprint density at radius 2 is 1.48 bits per heavy atom. The van der Waals surface area contributed by atoms with E-state index in [4.69, 9.17) is 0 Å². The lowest BCUT2D eigenvalue weighted by atomic mass is 10.00. The molecular formula is C22H26N3O2+. The second kappa shape index (κ2) is 7.92. The lowest BCUT2D eigenvalue weighted by molar-refractivity contribution is -0.896. The van der Waals surface area contributed by atoms with E-state index in [1.165, 1.54) is 16.0 Å². The van der Waals surface area contributed by atoms with Gasteiger partial charge in [-0.25, -0.2) is 0 Å². The molecule has 0 radical (unpaired) electrons. The van der Waals surface area contributed by atoms with Crippen LogP contribution in [-0.2, 0) is 17.8 Å². The van der Waals surface area contributed by atoms with E-state index < -0.39 is 0 Å². The molecule has 5 nitrogen and oxygen atoms in total. The van der Waals surface area contributed by atoms with Crippen LogP contribution < -0.4 is 4.90 Å². The molecule has 2 aliphatic rings. The predicted octanol–water partition coefficient (Wildman–Crippen LogP) is 0.612. The fraction of sp³-hybridized carbons (Fsp3) is 0.364. The van der Waals surface area contributed by atoms with E-state index in [0.29, 0.717) is 19.6 Å². The van der Waals surface area contributed by atoms with E-state index in [9.17, 15) is 9.59 Å². The number of hydrogen-bond acceptors (Lipinski definition) is 2. The zero-order chi connectivity index (χ0) is 18.6. The van der Waals surface area contributed by atoms with Crippen LogP contribution in [0.4, 0.5) is 0 Å². The van der Waals surface area contributed by atoms with Gasteiger partial charge in [0.2, 0.25) is 0 Å². The highest BCUT2D eigenvalue weighted by atomic mass is 16.2. The third-order valence-corrected chi connectivity index (χ3v) is 5.66. The number of benzene rings is 2. The standard InChI is InChI=1S/C22H25N3O2/c26-21(25-11-10-18-6-4-5-9-20(18)16-25)17-23-12-14-24(15-13-23)22(27)19-7-2-1-3-8-19/h1-9H,10-17H2/p+1. The maximum atomic E-state index is 12.7. The van der Waals surface area contributed by atoms with Crippen LogP contribution in [0.5, 0.6) is 0 Å². The molecule has 0 unspecified atom stereocenters. The number of carbonyl (C=O) groups is 2. The van der Waals surface area contributed by atoms with Crippen molar-refractivity contribution in [3.63, 3.8) is 0 Å². The van der Waals surface area contributed by atoms with E-state index in [2.05, 4.69) is 18.2 Å². The highest BCUT2D eigenvalue weighted by Crippen LogP contribution is 2.18. The molecule has 1 fully saturated rings. The molecule has 27 heavy (non-hydrogen) atoms. The molecule has 1 N–H and O–H groups in total. The monoisotopic (exact) mass is 364 g/mol. The van der Waals surface area contributed by atoms with Crippen molar-refractivity contribution in [3.8, 4) is 0 Å². The smallest absolute Gasteiger partial charge is 0.278 e. The van der Waals surface area contributed by atoms with Crippen LogP contribution in [0.2, 0.25) is 0 Å². The van der Waals surface area contributed by atoms with E-state index in [0.717, 1.165) is 38.2 Å². The zero-order valence-electron chi connectivity index (χ0n) is 15.6. The summed E-state index contributed by atoms with van der Waals surface area (Å²) in [5.41, 5.74) is 3.37. The van der Waals surface area contributed by atoms with Crippen molar-refractivity contribution in [2.75, 3.05) is 39.3 Å². The molecule has 0 saturated carbocycles. The quantitative estimate of drug-likeness (QED) is 0.868. The van der Waals surface area contributed by atoms with E-state index in [1.807, 2.05) is 46.2 Å². The van der Waals surface area contributed by atoms with Crippen molar-refractivity contribution < 1.29 is 14.5 Å². The average molecular weight is 364 g/mol. The minimum atomic E-state index is 0.0913. The van der Waals surface area contributed by atoms with E-state index >= 15 is 0 Å². The van der Waals surface area contributed by atoms with Gasteiger partial charge in [0.05, 0.1) is 26.2 Å². The van der Waals surface area contributed by atoms with Crippen LogP contribution in [0.25, 0.3) is 0 Å². The molecule has 2 amide bonds. The highest BCUT2D eigenvalue weighted by Gasteiger charge is 2.28. The largest absolute Gasteiger partial charge is 0.333 e. The van der Waals surface area contributed by atoms with Crippen molar-refractivity contribution in [3.05, 3.63) is 71.3 Å². The van der Waals surface area contributed by atoms with Gasteiger partial charge in [0, 0.05) is 18.7 Å². The van der Waals surface area contributed by atoms with Gasteiger partial charge in [0.1, 0.15) is 0 Å². The van der Waals surface area contributed by atoms with Crippen LogP contribution in [0, 0.1) is 0 Å². The van der Waals surface area contributed by atoms with Gasteiger partial charge in [-0.3, -0.25) is 9.59 Å². The molecule has 0 aromatic heterocycles. The first-order valence-electron chi connectivity index (χ1n) is 9.73. The minimum Gasteiger partial charge on any atom is -0.333 e. The Labute approximate surface area is 160 Å². The van der Waals surface area contributed by atoms with E-state index in [-0.39, 0.29) is 11.8 Å². The summed E-state index contributed by atoms with van der Waals surface area (Å²) in [6.07, 6.45) is 0.941. The van der Waals surface area contributed by atoms with Gasteiger partial charge in [-0.15, -0.1) is 0 Å². The number of nitrogens with one attached hydrogen (secondary N) is 1. The summed E-state index contributed by atoms with van der Waals surface area (Å²) in [6.45, 7) is 5.13. The maximum absolute atomic E-state index is 12.7. The Balaban J connectivity index is 1.28. The fourth-order valence-electron chi connectivity index (χ4n) is 4.00. The summed E-state index contributed by atoms with van der Waals surface area (Å²) in [6, 6.07) is 17.8. The molecule has 2 aromatic rings. The lowest BCUT2D eigenvalue weighted by Gasteiger charge is -2.34. The molecule has 0 spiro atoms. The number of fused-ring (bicyclic) bond motifs is 1. The van der Waals surface area contributed by atoms with Crippen molar-refractivity contribution in [2.45, 2.75) is 13.0 Å². The summed E-state index contributed by atoms with van der Waals surface area (Å²) in [5, 5.41) is 0. The number of amides is 2. The lowest BCUT2D eigenvalue weighted by Crippen LogP contribution is -3.15. The van der Waals surface area contributed by atoms with Crippen LogP contribution in [0.3, 0.4) is 0 Å². The minimum absolute atomic E-state index is 0.0913. The summed E-state index contributed by atoms with van der Waals surface area (Å²) in [4.78, 5) is 30.4. The first-order chi connectivity index (χ1) is 13.2. The zero-order valence-corrected chi connectivity index (χ0v) is 15.6. The molecule has 2 aliphatic heterocycles. The second-order valence-corrected chi connectivity index (χ2v) is 7.42. The van der Waals surface area contributed by atoms with Crippen LogP contribution in [0.1, 0.15) is 21.5 Å². The van der Waals surface area contributed by atoms with Crippen molar-refractivity contribution in [1.82, 2.24) is 9.80 Å². The Hall–Kier alpha value is -2.66. The summed E-state index contributed by atoms with van der Waals surface area (Å²) >= 11 is 0. The Morgan fingerprint density at radius 1 is 0.815 bits per heavy atom. The Morgan fingerprint density at radius 3 is 2.22 bits per heavy atom. The first-order valence-corrected chi connectivity index (χ1v) is 9.73. The topological polar surface area (TPSA) is 45.1 Å². The van der Waals surface area contributed by atoms with Gasteiger partial charge in [-0.1, -0.05) is 42.5 Å². The number of quaternary nitrogens is 1. The first kappa shape index (κ1) is 17.7. The molecular weight excluding hydrogens is 338 g/mol. The number of rotatable bonds is 3. The third-order valence-electron chi connectivity index (χ3n) is 5.66. The normalized spacial score (nSPS) is 17.5. The van der Waals surface area contributed by atoms with Crippen molar-refractivity contribution >= 4 is 11.8 Å². The predicted molar refractivity (Wildman–Crippen MR) is 103 cm³/mol. The second-order valence-electron chi connectivity index (χ2n) is 7.42. The van der Waals surface area contributed by atoms with Crippen molar-refractivity contribution in [2.24, 2.45) is 0 Å². The van der Waals surface area contributed by atoms with Gasteiger partial charge in [0.25, 0.3) is 11.8 Å². The molecule has 0 aliphatic carbocycles. The fourth-order valence-corrected chi connectivity index (χ4v) is 4.00. The molecule has 2 aromatic carbocycles. The van der Waals surface area contributed by atoms with Crippen LogP contribution >= 0.6 is 0 Å². The molecule has 5 heteroatoms. The Kier molecular flexibility index (Phi) is 5.21. The summed E-state index contributed by atoms with van der Waals surface area (Å²) in [5.74, 6) is 0.316. The third kappa shape index (κ3) is 4.03. The SMILES string of the molecule is O=C(C[NH+]1CCN(C(=O)c2ccccc2)CC1)N1CCc2ccccc2C1. The maximum Gasteiger partial charge on any atom is 0.278 e. The number of hydrogen-bond donors (Lipinski definition) is 1. The van der Waals surface area contributed by atoms with Crippen LogP contribution in [0.15, 0.2) is 54.6 Å². The Bertz CT molecular complexity index is 813. The molecule has 0 atom stereocenters. The number of nitrogens with zero attached hydrogens (tertiary/aromatic N) is 2. The summed E-state index contributed by atoms with van der Waals surface area (Å²) < 4.78 is 0. The van der Waals surface area contributed by atoms with Gasteiger partial charge >= 0.3 is 0 Å². The van der Waals surface area contributed by atoms with Gasteiger partial charge < -0.3 is 14.7 Å². The van der Waals surface area contributed by atoms with Gasteiger partial charge in [-0.2, -0.15) is 0 Å². The summed E-state index contributed by atoms with van der Waals surface area (Å²) in [7, 11) is 0. The van der Waals surface area contributed by atoms with Gasteiger partial charge in [0.15, 0.2) is 6.54 Å². The molecule has 140 valence electrons. The highest BCUT2D eigenvalue weighted by molar-refractivity contribution is 5.94. The molecule has 2 heterocycles. The molecule has 0 bridgehead atoms. The van der Waals surface area contributed by atoms with Gasteiger partial charge in [-0.05, 0) is 29.7 Å². The van der Waals surface area contributed by atoms with Crippen molar-refractivity contribution in [1.29, 1.82) is 0 Å². The number of piperazine rings is 1.